The first-order chi connectivity index (χ1) is 13.7. The van der Waals surface area contributed by atoms with Crippen LogP contribution in [0.5, 0.6) is 11.8 Å². The molecule has 3 rings (SSSR count). The van der Waals surface area contributed by atoms with Crippen LogP contribution in [0.2, 0.25) is 0 Å². The Morgan fingerprint density at radius 3 is 2.86 bits per heavy atom. The first-order valence-electron chi connectivity index (χ1n) is 9.65. The topological polar surface area (TPSA) is 95.5 Å². The second-order valence-electron chi connectivity index (χ2n) is 6.48. The first-order valence-corrected chi connectivity index (χ1v) is 9.65. The summed E-state index contributed by atoms with van der Waals surface area (Å²) in [5, 5.41) is 3.26. The maximum absolute atomic E-state index is 12.0. The van der Waals surface area contributed by atoms with Crippen LogP contribution in [0.4, 0.5) is 5.95 Å². The summed E-state index contributed by atoms with van der Waals surface area (Å²) in [6.45, 7) is 3.72. The summed E-state index contributed by atoms with van der Waals surface area (Å²) in [7, 11) is 1.37. The average molecular weight is 386 g/mol. The van der Waals surface area contributed by atoms with Gasteiger partial charge in [0.2, 0.25) is 5.95 Å². The average Bonchev–Trinajstić information content (AvgIpc) is 2.69. The fourth-order valence-electron chi connectivity index (χ4n) is 2.97. The number of methoxy groups -OCH3 is 1. The SMILES string of the molecule is CCOc1nc2nc(n1)NCCCCCCOc1cc(ccc1C(=O)OC)C2. The van der Waals surface area contributed by atoms with Crippen LogP contribution in [-0.4, -0.2) is 47.8 Å². The number of esters is 1. The van der Waals surface area contributed by atoms with E-state index in [1.54, 1.807) is 6.07 Å². The Hall–Kier alpha value is -2.90. The van der Waals surface area contributed by atoms with E-state index in [-0.39, 0.29) is 0 Å². The van der Waals surface area contributed by atoms with Crippen LogP contribution in [0.3, 0.4) is 0 Å². The number of hydrogen-bond donors (Lipinski definition) is 1. The van der Waals surface area contributed by atoms with Crippen molar-refractivity contribution in [3.8, 4) is 11.8 Å². The molecule has 0 saturated heterocycles. The molecule has 2 aromatic rings. The molecule has 1 N–H and O–H groups in total. The Morgan fingerprint density at radius 2 is 2.04 bits per heavy atom. The summed E-state index contributed by atoms with van der Waals surface area (Å²) >= 11 is 0. The maximum atomic E-state index is 12.0. The number of carbonyl (C=O) groups is 1. The predicted octanol–water partition coefficient (Wildman–Crippen LogP) is 3.01. The molecular formula is C20H26N4O4. The van der Waals surface area contributed by atoms with E-state index in [4.69, 9.17) is 14.2 Å². The molecule has 1 aliphatic rings. The van der Waals surface area contributed by atoms with Gasteiger partial charge in [-0.1, -0.05) is 18.9 Å². The van der Waals surface area contributed by atoms with Crippen LogP contribution in [-0.2, 0) is 11.2 Å². The Labute approximate surface area is 164 Å². The smallest absolute Gasteiger partial charge is 0.341 e. The molecular weight excluding hydrogens is 360 g/mol. The van der Waals surface area contributed by atoms with Crippen LogP contribution in [0.25, 0.3) is 0 Å². The Balaban J connectivity index is 1.94. The van der Waals surface area contributed by atoms with Gasteiger partial charge in [-0.25, -0.2) is 4.79 Å². The van der Waals surface area contributed by atoms with E-state index in [9.17, 15) is 4.79 Å². The fraction of sp³-hybridized carbons (Fsp3) is 0.500. The molecule has 4 bridgehead atoms. The lowest BCUT2D eigenvalue weighted by atomic mass is 10.1. The van der Waals surface area contributed by atoms with Crippen molar-refractivity contribution >= 4 is 11.9 Å². The molecule has 0 spiro atoms. The third-order valence-corrected chi connectivity index (χ3v) is 4.36. The third kappa shape index (κ3) is 5.31. The van der Waals surface area contributed by atoms with Gasteiger partial charge in [0.1, 0.15) is 17.1 Å². The number of nitrogens with zero attached hydrogens (tertiary/aromatic N) is 3. The summed E-state index contributed by atoms with van der Waals surface area (Å²) < 4.78 is 16.3. The number of carbonyl (C=O) groups excluding carboxylic acids is 1. The molecule has 0 radical (unpaired) electrons. The largest absolute Gasteiger partial charge is 0.493 e. The van der Waals surface area contributed by atoms with Gasteiger partial charge in [0.25, 0.3) is 0 Å². The molecule has 0 unspecified atom stereocenters. The van der Waals surface area contributed by atoms with E-state index >= 15 is 0 Å². The number of benzene rings is 1. The second kappa shape index (κ2) is 9.87. The molecule has 1 aromatic carbocycles. The number of anilines is 1. The van der Waals surface area contributed by atoms with Gasteiger partial charge < -0.3 is 19.5 Å². The molecule has 1 aromatic heterocycles. The standard InChI is InChI=1S/C20H26N4O4/c1-3-27-20-23-17-13-14-8-9-15(18(25)26-2)16(12-14)28-11-7-5-4-6-10-21-19(22-17)24-20/h8-9,12H,3-7,10-11,13H2,1-2H3,(H,21,22,23,24). The highest BCUT2D eigenvalue weighted by Crippen LogP contribution is 2.24. The minimum Gasteiger partial charge on any atom is -0.493 e. The van der Waals surface area contributed by atoms with E-state index in [0.717, 1.165) is 37.8 Å². The maximum Gasteiger partial charge on any atom is 0.341 e. The molecule has 0 saturated carbocycles. The minimum absolute atomic E-state index is 0.307. The molecule has 0 fully saturated rings. The Kier molecular flexibility index (Phi) is 7.00. The van der Waals surface area contributed by atoms with E-state index in [1.807, 2.05) is 19.1 Å². The lowest BCUT2D eigenvalue weighted by Gasteiger charge is -2.12. The van der Waals surface area contributed by atoms with Crippen LogP contribution in [0.15, 0.2) is 18.2 Å². The van der Waals surface area contributed by atoms with Crippen LogP contribution >= 0.6 is 0 Å². The predicted molar refractivity (Wildman–Crippen MR) is 104 cm³/mol. The van der Waals surface area contributed by atoms with Crippen molar-refractivity contribution in [1.82, 2.24) is 15.0 Å². The number of fused-ring (bicyclic) bond motifs is 4. The zero-order chi connectivity index (χ0) is 19.8. The van der Waals surface area contributed by atoms with Crippen molar-refractivity contribution in [3.63, 3.8) is 0 Å². The van der Waals surface area contributed by atoms with Crippen LogP contribution in [0.1, 0.15) is 54.4 Å². The van der Waals surface area contributed by atoms with Gasteiger partial charge in [-0.2, -0.15) is 15.0 Å². The minimum atomic E-state index is -0.412. The normalized spacial score (nSPS) is 14.6. The molecule has 2 heterocycles. The fourth-order valence-corrected chi connectivity index (χ4v) is 2.97. The summed E-state index contributed by atoms with van der Waals surface area (Å²) in [5.41, 5.74) is 1.35. The van der Waals surface area contributed by atoms with Crippen molar-refractivity contribution in [2.75, 3.05) is 32.2 Å². The zero-order valence-corrected chi connectivity index (χ0v) is 16.4. The number of aromatic nitrogens is 3. The van der Waals surface area contributed by atoms with Gasteiger partial charge >= 0.3 is 12.0 Å². The lowest BCUT2D eigenvalue weighted by molar-refractivity contribution is 0.0596. The highest BCUT2D eigenvalue weighted by molar-refractivity contribution is 5.92. The number of ether oxygens (including phenoxy) is 3. The highest BCUT2D eigenvalue weighted by Gasteiger charge is 2.16. The van der Waals surface area contributed by atoms with Crippen molar-refractivity contribution < 1.29 is 19.0 Å². The summed E-state index contributed by atoms with van der Waals surface area (Å²) in [6.07, 6.45) is 4.50. The van der Waals surface area contributed by atoms with Gasteiger partial charge in [-0.05, 0) is 37.5 Å². The zero-order valence-electron chi connectivity index (χ0n) is 16.4. The van der Waals surface area contributed by atoms with Gasteiger partial charge in [-0.3, -0.25) is 0 Å². The Bertz CT molecular complexity index is 813. The van der Waals surface area contributed by atoms with Gasteiger partial charge in [0, 0.05) is 13.0 Å². The molecule has 0 amide bonds. The number of hydrogen-bond acceptors (Lipinski definition) is 8. The lowest BCUT2D eigenvalue weighted by Crippen LogP contribution is -2.11. The van der Waals surface area contributed by atoms with E-state index < -0.39 is 5.97 Å². The molecule has 0 aliphatic carbocycles. The van der Waals surface area contributed by atoms with Gasteiger partial charge in [0.15, 0.2) is 0 Å². The summed E-state index contributed by atoms with van der Waals surface area (Å²) in [6, 6.07) is 5.73. The molecule has 8 nitrogen and oxygen atoms in total. The monoisotopic (exact) mass is 386 g/mol. The quantitative estimate of drug-likeness (QED) is 0.805. The van der Waals surface area contributed by atoms with Gasteiger partial charge in [-0.15, -0.1) is 0 Å². The van der Waals surface area contributed by atoms with Gasteiger partial charge in [0.05, 0.1) is 20.3 Å². The first kappa shape index (κ1) is 19.9. The molecule has 0 atom stereocenters. The highest BCUT2D eigenvalue weighted by atomic mass is 16.5. The molecule has 8 heteroatoms. The van der Waals surface area contributed by atoms with Crippen molar-refractivity contribution in [2.45, 2.75) is 39.0 Å². The number of nitrogens with one attached hydrogen (secondary N) is 1. The number of rotatable bonds is 3. The van der Waals surface area contributed by atoms with E-state index in [1.165, 1.54) is 7.11 Å². The van der Waals surface area contributed by atoms with Crippen molar-refractivity contribution in [2.24, 2.45) is 0 Å². The van der Waals surface area contributed by atoms with Crippen molar-refractivity contribution in [1.29, 1.82) is 0 Å². The molecule has 150 valence electrons. The Morgan fingerprint density at radius 1 is 1.18 bits per heavy atom. The molecule has 1 aliphatic heterocycles. The third-order valence-electron chi connectivity index (χ3n) is 4.36. The molecule has 28 heavy (non-hydrogen) atoms. The second-order valence-corrected chi connectivity index (χ2v) is 6.48. The summed E-state index contributed by atoms with van der Waals surface area (Å²) in [4.78, 5) is 25.3. The van der Waals surface area contributed by atoms with Crippen LogP contribution < -0.4 is 14.8 Å². The summed E-state index contributed by atoms with van der Waals surface area (Å²) in [5.74, 6) is 1.22. The van der Waals surface area contributed by atoms with Crippen LogP contribution in [0, 0.1) is 0 Å². The van der Waals surface area contributed by atoms with E-state index in [0.29, 0.717) is 48.7 Å². The van der Waals surface area contributed by atoms with Crippen molar-refractivity contribution in [3.05, 3.63) is 35.2 Å². The van der Waals surface area contributed by atoms with E-state index in [2.05, 4.69) is 20.3 Å².